The molecule has 2 aliphatic heterocycles. The van der Waals surface area contributed by atoms with Gasteiger partial charge in [-0.15, -0.1) is 0 Å². The van der Waals surface area contributed by atoms with Crippen LogP contribution in [0.25, 0.3) is 0 Å². The van der Waals surface area contributed by atoms with Gasteiger partial charge >= 0.3 is 0 Å². The van der Waals surface area contributed by atoms with Gasteiger partial charge in [-0.2, -0.15) is 5.48 Å². The summed E-state index contributed by atoms with van der Waals surface area (Å²) in [6, 6.07) is 0. The maximum atomic E-state index is 12.3. The first-order valence-electron chi connectivity index (χ1n) is 13.5. The first-order chi connectivity index (χ1) is 16.6. The number of carbonyl (C=O) groups is 2. The first kappa shape index (κ1) is 25.8. The molecule has 0 spiro atoms. The molecule has 2 saturated heterocycles. The molecule has 5 unspecified atom stereocenters. The molecule has 2 heterocycles. The van der Waals surface area contributed by atoms with Gasteiger partial charge in [0, 0.05) is 31.4 Å². The van der Waals surface area contributed by atoms with Crippen LogP contribution in [0.5, 0.6) is 0 Å². The largest absolute Gasteiger partial charge is 0.379 e. The summed E-state index contributed by atoms with van der Waals surface area (Å²) in [6.45, 7) is 4.28. The number of hydrogen-bond donors (Lipinski definition) is 6. The molecule has 4 aliphatic rings. The van der Waals surface area contributed by atoms with Crippen molar-refractivity contribution in [3.63, 3.8) is 0 Å². The number of hydroxylamine groups is 1. The van der Waals surface area contributed by atoms with Crippen LogP contribution in [0.15, 0.2) is 0 Å². The fourth-order valence-corrected chi connectivity index (χ4v) is 5.98. The van der Waals surface area contributed by atoms with E-state index < -0.39 is 0 Å². The van der Waals surface area contributed by atoms with Crippen LogP contribution in [0.2, 0.25) is 0 Å². The third-order valence-corrected chi connectivity index (χ3v) is 7.90. The highest BCUT2D eigenvalue weighted by Crippen LogP contribution is 2.33. The molecular weight excluding hydrogens is 436 g/mol. The zero-order valence-electron chi connectivity index (χ0n) is 20.6. The summed E-state index contributed by atoms with van der Waals surface area (Å²) in [5, 5.41) is 10.0. The molecule has 0 bridgehead atoms. The van der Waals surface area contributed by atoms with Gasteiger partial charge in [-0.25, -0.2) is 5.43 Å². The highest BCUT2D eigenvalue weighted by Gasteiger charge is 2.39. The van der Waals surface area contributed by atoms with Gasteiger partial charge < -0.3 is 15.4 Å². The summed E-state index contributed by atoms with van der Waals surface area (Å²) in [6.07, 6.45) is 11.3. The minimum Gasteiger partial charge on any atom is -0.379 e. The van der Waals surface area contributed by atoms with Gasteiger partial charge in [-0.05, 0) is 70.8 Å². The number of ether oxygens (including phenoxy) is 1. The van der Waals surface area contributed by atoms with E-state index in [1.54, 1.807) is 0 Å². The molecule has 0 radical (unpaired) electrons. The normalized spacial score (nSPS) is 36.0. The van der Waals surface area contributed by atoms with Gasteiger partial charge in [0.15, 0.2) is 0 Å². The lowest BCUT2D eigenvalue weighted by atomic mass is 9.76. The minimum atomic E-state index is -0.127. The summed E-state index contributed by atoms with van der Waals surface area (Å²) in [5.41, 5.74) is 9.07. The molecule has 10 heteroatoms. The van der Waals surface area contributed by atoms with Crippen molar-refractivity contribution < 1.29 is 19.2 Å². The molecule has 34 heavy (non-hydrogen) atoms. The molecule has 194 valence electrons. The Hall–Kier alpha value is -1.30. The third-order valence-electron chi connectivity index (χ3n) is 7.90. The smallest absolute Gasteiger partial charge is 0.237 e. The van der Waals surface area contributed by atoms with Crippen molar-refractivity contribution in [1.82, 2.24) is 32.3 Å². The first-order valence-corrected chi connectivity index (χ1v) is 13.5. The SMILES string of the molecule is CCOC1CCC(C2NOC(CCC(=O)NCCCNC3NNC(=O)C4CCCCC34)N2)CC1. The highest BCUT2D eigenvalue weighted by atomic mass is 16.7. The predicted molar refractivity (Wildman–Crippen MR) is 128 cm³/mol. The Morgan fingerprint density at radius 2 is 1.94 bits per heavy atom. The zero-order chi connectivity index (χ0) is 23.8. The number of rotatable bonds is 11. The Bertz CT molecular complexity index is 659. The van der Waals surface area contributed by atoms with E-state index in [1.807, 2.05) is 0 Å². The van der Waals surface area contributed by atoms with Crippen molar-refractivity contribution in [2.24, 2.45) is 17.8 Å². The molecular formula is C24H44N6O4. The second-order valence-corrected chi connectivity index (χ2v) is 10.2. The molecule has 4 rings (SSSR count). The molecule has 0 aromatic carbocycles. The lowest BCUT2D eigenvalue weighted by molar-refractivity contribution is -0.134. The Morgan fingerprint density at radius 3 is 2.76 bits per heavy atom. The highest BCUT2D eigenvalue weighted by molar-refractivity contribution is 5.79. The van der Waals surface area contributed by atoms with Crippen molar-refractivity contribution in [3.05, 3.63) is 0 Å². The number of amides is 2. The van der Waals surface area contributed by atoms with Crippen LogP contribution in [-0.2, 0) is 19.2 Å². The fourth-order valence-electron chi connectivity index (χ4n) is 5.98. The average Bonchev–Trinajstić information content (AvgIpc) is 3.34. The maximum Gasteiger partial charge on any atom is 0.237 e. The Kier molecular flexibility index (Phi) is 9.96. The van der Waals surface area contributed by atoms with Gasteiger partial charge in [0.05, 0.1) is 18.4 Å². The topological polar surface area (TPSA) is 125 Å². The van der Waals surface area contributed by atoms with Crippen LogP contribution in [0.1, 0.15) is 77.6 Å². The van der Waals surface area contributed by atoms with Crippen LogP contribution in [0, 0.1) is 17.8 Å². The predicted octanol–water partition coefficient (Wildman–Crippen LogP) is 1.00. The summed E-state index contributed by atoms with van der Waals surface area (Å²) in [7, 11) is 0. The summed E-state index contributed by atoms with van der Waals surface area (Å²) >= 11 is 0. The molecule has 2 amide bonds. The van der Waals surface area contributed by atoms with E-state index in [1.165, 1.54) is 6.42 Å². The van der Waals surface area contributed by atoms with Crippen molar-refractivity contribution >= 4 is 11.8 Å². The standard InChI is InChI=1S/C24H44N6O4/c1-2-33-17-10-8-16(9-11-17)22-27-21(34-30-22)13-12-20(31)25-14-5-15-26-23-18-6-3-4-7-19(18)24(32)29-28-23/h16-19,21-23,26-28,30H,2-15H2,1H3,(H,25,31)(H,29,32). The Labute approximate surface area is 203 Å². The molecule has 2 saturated carbocycles. The molecule has 5 atom stereocenters. The van der Waals surface area contributed by atoms with Crippen molar-refractivity contribution in [2.45, 2.75) is 102 Å². The van der Waals surface area contributed by atoms with Crippen LogP contribution in [-0.4, -0.2) is 56.2 Å². The van der Waals surface area contributed by atoms with Crippen LogP contribution >= 0.6 is 0 Å². The van der Waals surface area contributed by atoms with Crippen LogP contribution < -0.4 is 32.3 Å². The van der Waals surface area contributed by atoms with Crippen LogP contribution in [0.3, 0.4) is 0 Å². The van der Waals surface area contributed by atoms with E-state index in [0.717, 1.165) is 64.5 Å². The zero-order valence-corrected chi connectivity index (χ0v) is 20.6. The van der Waals surface area contributed by atoms with Crippen molar-refractivity contribution in [3.8, 4) is 0 Å². The van der Waals surface area contributed by atoms with E-state index in [9.17, 15) is 9.59 Å². The molecule has 4 fully saturated rings. The minimum absolute atomic E-state index is 0.0569. The van der Waals surface area contributed by atoms with Gasteiger partial charge in [0.1, 0.15) is 6.23 Å². The monoisotopic (exact) mass is 480 g/mol. The number of hydrogen-bond acceptors (Lipinski definition) is 8. The summed E-state index contributed by atoms with van der Waals surface area (Å²) in [5.74, 6) is 1.21. The quantitative estimate of drug-likeness (QED) is 0.242. The van der Waals surface area contributed by atoms with E-state index in [0.29, 0.717) is 37.3 Å². The van der Waals surface area contributed by atoms with Crippen molar-refractivity contribution in [2.75, 3.05) is 19.7 Å². The summed E-state index contributed by atoms with van der Waals surface area (Å²) in [4.78, 5) is 30.0. The number of nitrogens with one attached hydrogen (secondary N) is 6. The molecule has 2 aliphatic carbocycles. The van der Waals surface area contributed by atoms with Crippen LogP contribution in [0.4, 0.5) is 0 Å². The van der Waals surface area contributed by atoms with Crippen molar-refractivity contribution in [1.29, 1.82) is 0 Å². The molecule has 0 aromatic heterocycles. The van der Waals surface area contributed by atoms with E-state index in [2.05, 4.69) is 39.2 Å². The van der Waals surface area contributed by atoms with E-state index >= 15 is 0 Å². The molecule has 10 nitrogen and oxygen atoms in total. The van der Waals surface area contributed by atoms with Gasteiger partial charge in [0.2, 0.25) is 11.8 Å². The fraction of sp³-hybridized carbons (Fsp3) is 0.917. The lowest BCUT2D eigenvalue weighted by Gasteiger charge is -2.41. The number of hydrazine groups is 1. The van der Waals surface area contributed by atoms with E-state index in [4.69, 9.17) is 9.57 Å². The molecule has 0 aromatic rings. The third kappa shape index (κ3) is 7.11. The Balaban J connectivity index is 1.04. The van der Waals surface area contributed by atoms with Gasteiger partial charge in [0.25, 0.3) is 0 Å². The Morgan fingerprint density at radius 1 is 1.12 bits per heavy atom. The van der Waals surface area contributed by atoms with Gasteiger partial charge in [-0.3, -0.25) is 25.2 Å². The van der Waals surface area contributed by atoms with E-state index in [-0.39, 0.29) is 36.3 Å². The summed E-state index contributed by atoms with van der Waals surface area (Å²) < 4.78 is 5.74. The molecule has 6 N–H and O–H groups in total. The number of carbonyl (C=O) groups excluding carboxylic acids is 2. The second kappa shape index (κ2) is 13.1. The second-order valence-electron chi connectivity index (χ2n) is 10.2. The number of fused-ring (bicyclic) bond motifs is 1. The van der Waals surface area contributed by atoms with Gasteiger partial charge in [-0.1, -0.05) is 12.8 Å². The average molecular weight is 481 g/mol. The lowest BCUT2D eigenvalue weighted by Crippen LogP contribution is -2.64. The maximum absolute atomic E-state index is 12.3.